The smallest absolute Gasteiger partial charge is 0.201 e. The van der Waals surface area contributed by atoms with E-state index in [2.05, 4.69) is 39.7 Å². The van der Waals surface area contributed by atoms with Crippen LogP contribution in [0.5, 0.6) is 5.75 Å². The van der Waals surface area contributed by atoms with Gasteiger partial charge in [0.15, 0.2) is 25.7 Å². The largest absolute Gasteiger partial charge is 0.490 e. The summed E-state index contributed by atoms with van der Waals surface area (Å²) in [5.41, 5.74) is 1.69. The Labute approximate surface area is 255 Å². The molecule has 8 heteroatoms. The monoisotopic (exact) mass is 620 g/mol. The molecule has 0 saturated carbocycles. The molecule has 0 atom stereocenters. The highest BCUT2D eigenvalue weighted by Crippen LogP contribution is 2.33. The Hall–Kier alpha value is -1.59. The molecule has 1 saturated heterocycles. The molecular weight excluding hydrogens is 567 g/mol. The summed E-state index contributed by atoms with van der Waals surface area (Å²) >= 11 is 0. The molecule has 0 N–H and O–H groups in total. The Morgan fingerprint density at radius 2 is 1.36 bits per heavy atom. The maximum atomic E-state index is 15.0. The lowest BCUT2D eigenvalue weighted by molar-refractivity contribution is -0.206. The molecule has 0 aliphatic carbocycles. The second-order valence-electron chi connectivity index (χ2n) is 13.3. The fourth-order valence-corrected chi connectivity index (χ4v) is 7.60. The molecule has 0 aromatic heterocycles. The van der Waals surface area contributed by atoms with Gasteiger partial charge in [0.25, 0.3) is 0 Å². The summed E-state index contributed by atoms with van der Waals surface area (Å²) in [5, 5.41) is 0. The minimum absolute atomic E-state index is 0.0550. The summed E-state index contributed by atoms with van der Waals surface area (Å²) in [5.74, 6) is -1.47. The van der Waals surface area contributed by atoms with E-state index in [4.69, 9.17) is 18.6 Å². The van der Waals surface area contributed by atoms with Gasteiger partial charge in [-0.15, -0.1) is 0 Å². The molecule has 4 nitrogen and oxygen atoms in total. The Balaban J connectivity index is 1.42. The summed E-state index contributed by atoms with van der Waals surface area (Å²) in [6.45, 7) is 16.3. The van der Waals surface area contributed by atoms with Crippen LogP contribution in [-0.4, -0.2) is 41.9 Å². The summed E-state index contributed by atoms with van der Waals surface area (Å²) in [6, 6.07) is 10.4. The number of benzene rings is 2. The predicted octanol–water partition coefficient (Wildman–Crippen LogP) is 10.2. The quantitative estimate of drug-likeness (QED) is 0.123. The Morgan fingerprint density at radius 1 is 0.738 bits per heavy atom. The van der Waals surface area contributed by atoms with Crippen LogP contribution in [0.1, 0.15) is 83.0 Å². The van der Waals surface area contributed by atoms with Gasteiger partial charge >= 0.3 is 0 Å². The van der Waals surface area contributed by atoms with Gasteiger partial charge in [-0.1, -0.05) is 95.8 Å². The van der Waals surface area contributed by atoms with E-state index in [0.717, 1.165) is 24.8 Å². The SMILES string of the molecule is CCCCCCCCCC1COC(c2ccc(-c3ccc(OCCCCO[Si](C)(C)[Si](C)(C)C)c(F)c3F)cc2)OC1. The lowest BCUT2D eigenvalue weighted by Gasteiger charge is -2.34. The van der Waals surface area contributed by atoms with Crippen molar-refractivity contribution in [3.05, 3.63) is 53.6 Å². The van der Waals surface area contributed by atoms with Gasteiger partial charge in [-0.05, 0) is 50.1 Å². The highest BCUT2D eigenvalue weighted by molar-refractivity contribution is 7.37. The van der Waals surface area contributed by atoms with Gasteiger partial charge in [0.2, 0.25) is 5.82 Å². The molecule has 0 amide bonds. The fourth-order valence-electron chi connectivity index (χ4n) is 4.91. The van der Waals surface area contributed by atoms with Gasteiger partial charge in [0.05, 0.1) is 27.4 Å². The standard InChI is InChI=1S/C34H54F2O4Si2/c1-7-8-9-10-11-12-13-16-27-25-38-34(39-26-27)29-19-17-28(18-20-29)30-21-22-31(33(36)32(30)35)37-23-14-15-24-40-42(5,6)41(2,3)4/h17-22,27,34H,7-16,23-26H2,1-6H3. The minimum atomic E-state index is -1.64. The Bertz CT molecular complexity index is 1060. The van der Waals surface area contributed by atoms with Crippen LogP contribution >= 0.6 is 0 Å². The minimum Gasteiger partial charge on any atom is -0.490 e. The van der Waals surface area contributed by atoms with Crippen molar-refractivity contribution in [2.75, 3.05) is 26.4 Å². The summed E-state index contributed by atoms with van der Waals surface area (Å²) < 4.78 is 53.7. The topological polar surface area (TPSA) is 36.9 Å². The molecule has 1 heterocycles. The van der Waals surface area contributed by atoms with Gasteiger partial charge in [0, 0.05) is 23.7 Å². The van der Waals surface area contributed by atoms with E-state index in [1.165, 1.54) is 51.0 Å². The molecular formula is C34H54F2O4Si2. The van der Waals surface area contributed by atoms with Gasteiger partial charge in [-0.25, -0.2) is 4.39 Å². The second kappa shape index (κ2) is 17.0. The van der Waals surface area contributed by atoms with Crippen molar-refractivity contribution in [3.8, 4) is 16.9 Å². The van der Waals surface area contributed by atoms with Crippen LogP contribution in [-0.2, 0) is 13.9 Å². The fraction of sp³-hybridized carbons (Fsp3) is 0.647. The molecule has 1 aliphatic rings. The predicted molar refractivity (Wildman–Crippen MR) is 174 cm³/mol. The normalized spacial score (nSPS) is 17.9. The number of hydrogen-bond acceptors (Lipinski definition) is 4. The molecule has 0 bridgehead atoms. The first-order valence-corrected chi connectivity index (χ1v) is 23.5. The highest BCUT2D eigenvalue weighted by Gasteiger charge is 2.38. The Morgan fingerprint density at radius 3 is 2.00 bits per heavy atom. The van der Waals surface area contributed by atoms with Crippen LogP contribution in [0, 0.1) is 17.6 Å². The third-order valence-corrected chi connectivity index (χ3v) is 24.6. The lowest BCUT2D eigenvalue weighted by Crippen LogP contribution is -2.54. The number of unbranched alkanes of at least 4 members (excludes halogenated alkanes) is 7. The first kappa shape index (κ1) is 34.9. The molecule has 0 unspecified atom stereocenters. The van der Waals surface area contributed by atoms with E-state index in [-0.39, 0.29) is 11.3 Å². The average Bonchev–Trinajstić information content (AvgIpc) is 2.96. The molecule has 42 heavy (non-hydrogen) atoms. The van der Waals surface area contributed by atoms with Crippen LogP contribution in [0.4, 0.5) is 8.78 Å². The van der Waals surface area contributed by atoms with Crippen LogP contribution in [0.3, 0.4) is 0 Å². The Kier molecular flexibility index (Phi) is 14.2. The first-order valence-electron chi connectivity index (χ1n) is 16.1. The number of rotatable bonds is 18. The van der Waals surface area contributed by atoms with E-state index in [0.29, 0.717) is 37.9 Å². The van der Waals surface area contributed by atoms with Crippen molar-refractivity contribution in [1.29, 1.82) is 0 Å². The number of halogens is 2. The molecule has 1 aliphatic heterocycles. The molecule has 0 radical (unpaired) electrons. The van der Waals surface area contributed by atoms with Crippen molar-refractivity contribution in [2.45, 2.75) is 110 Å². The van der Waals surface area contributed by atoms with Crippen molar-refractivity contribution in [3.63, 3.8) is 0 Å². The van der Waals surface area contributed by atoms with Crippen molar-refractivity contribution in [2.24, 2.45) is 5.92 Å². The zero-order valence-corrected chi connectivity index (χ0v) is 28.9. The third-order valence-electron chi connectivity index (χ3n) is 8.79. The summed E-state index contributed by atoms with van der Waals surface area (Å²) in [7, 11) is -2.93. The van der Waals surface area contributed by atoms with Crippen LogP contribution in [0.15, 0.2) is 36.4 Å². The van der Waals surface area contributed by atoms with Crippen molar-refractivity contribution in [1.82, 2.24) is 0 Å². The maximum Gasteiger partial charge on any atom is 0.201 e. The van der Waals surface area contributed by atoms with E-state index in [1.807, 2.05) is 12.1 Å². The molecule has 236 valence electrons. The molecule has 1 fully saturated rings. The molecule has 0 spiro atoms. The first-order chi connectivity index (χ1) is 20.0. The number of hydrogen-bond donors (Lipinski definition) is 0. The lowest BCUT2D eigenvalue weighted by atomic mass is 10.00. The van der Waals surface area contributed by atoms with Gasteiger partial charge in [-0.3, -0.25) is 0 Å². The van der Waals surface area contributed by atoms with E-state index in [9.17, 15) is 4.39 Å². The van der Waals surface area contributed by atoms with E-state index in [1.54, 1.807) is 18.2 Å². The molecule has 2 aromatic carbocycles. The third kappa shape index (κ3) is 10.5. The van der Waals surface area contributed by atoms with Crippen LogP contribution in [0.2, 0.25) is 32.7 Å². The maximum absolute atomic E-state index is 15.0. The summed E-state index contributed by atoms with van der Waals surface area (Å²) in [4.78, 5) is 0. The van der Waals surface area contributed by atoms with E-state index < -0.39 is 33.4 Å². The summed E-state index contributed by atoms with van der Waals surface area (Å²) in [6.07, 6.45) is 11.4. The van der Waals surface area contributed by atoms with Gasteiger partial charge < -0.3 is 18.6 Å². The number of ether oxygens (including phenoxy) is 3. The van der Waals surface area contributed by atoms with Crippen LogP contribution in [0.25, 0.3) is 11.1 Å². The molecule has 3 rings (SSSR count). The van der Waals surface area contributed by atoms with Gasteiger partial charge in [0.1, 0.15) is 0 Å². The zero-order chi connectivity index (χ0) is 30.6. The van der Waals surface area contributed by atoms with Gasteiger partial charge in [-0.2, -0.15) is 4.39 Å². The average molecular weight is 621 g/mol. The van der Waals surface area contributed by atoms with Crippen molar-refractivity contribution >= 4 is 15.4 Å². The van der Waals surface area contributed by atoms with Crippen molar-refractivity contribution < 1.29 is 27.4 Å². The zero-order valence-electron chi connectivity index (χ0n) is 26.9. The molecule has 2 aromatic rings. The van der Waals surface area contributed by atoms with E-state index >= 15 is 4.39 Å². The second-order valence-corrected chi connectivity index (χ2v) is 29.2. The van der Waals surface area contributed by atoms with Crippen LogP contribution < -0.4 is 4.74 Å². The highest BCUT2D eigenvalue weighted by atomic mass is 29.3.